The molecule has 0 saturated carbocycles. The highest BCUT2D eigenvalue weighted by atomic mass is 16.5. The summed E-state index contributed by atoms with van der Waals surface area (Å²) in [5, 5.41) is 0. The van der Waals surface area contributed by atoms with Crippen LogP contribution in [0.15, 0.2) is 48.7 Å². The second kappa shape index (κ2) is 9.87. The van der Waals surface area contributed by atoms with E-state index in [1.165, 1.54) is 5.56 Å². The molecule has 1 saturated heterocycles. The monoisotopic (exact) mass is 408 g/mol. The number of amides is 1. The number of rotatable bonds is 6. The van der Waals surface area contributed by atoms with E-state index in [0.29, 0.717) is 31.3 Å². The highest BCUT2D eigenvalue weighted by Gasteiger charge is 2.27. The van der Waals surface area contributed by atoms with Gasteiger partial charge in [-0.1, -0.05) is 31.7 Å². The van der Waals surface area contributed by atoms with Crippen LogP contribution in [-0.2, 0) is 17.8 Å². The lowest BCUT2D eigenvalue weighted by Gasteiger charge is -2.32. The first-order valence-corrected chi connectivity index (χ1v) is 10.2. The quantitative estimate of drug-likeness (QED) is 0.673. The van der Waals surface area contributed by atoms with Crippen molar-refractivity contribution in [2.24, 2.45) is 5.73 Å². The van der Waals surface area contributed by atoms with Gasteiger partial charge in [0.2, 0.25) is 0 Å². The number of piperidine rings is 1. The third-order valence-corrected chi connectivity index (χ3v) is 5.85. The fourth-order valence-electron chi connectivity index (χ4n) is 4.24. The van der Waals surface area contributed by atoms with Gasteiger partial charge in [-0.05, 0) is 48.1 Å². The van der Waals surface area contributed by atoms with E-state index in [4.69, 9.17) is 10.5 Å². The molecular weight excluding hydrogens is 376 g/mol. The molecule has 0 radical (unpaired) electrons. The molecule has 2 aromatic heterocycles. The molecule has 1 aromatic carbocycles. The summed E-state index contributed by atoms with van der Waals surface area (Å²) in [5.41, 5.74) is 10.8. The third-order valence-electron chi connectivity index (χ3n) is 5.85. The van der Waals surface area contributed by atoms with Gasteiger partial charge in [0.25, 0.3) is 5.91 Å². The van der Waals surface area contributed by atoms with Crippen molar-refractivity contribution in [1.82, 2.24) is 14.5 Å². The van der Waals surface area contributed by atoms with Gasteiger partial charge in [-0.3, -0.25) is 9.78 Å². The van der Waals surface area contributed by atoms with E-state index in [2.05, 4.69) is 29.2 Å². The van der Waals surface area contributed by atoms with Gasteiger partial charge >= 0.3 is 0 Å². The van der Waals surface area contributed by atoms with E-state index in [9.17, 15) is 4.79 Å². The molecule has 6 heteroatoms. The first kappa shape index (κ1) is 22.0. The molecule has 6 nitrogen and oxygen atoms in total. The van der Waals surface area contributed by atoms with Crippen LogP contribution in [0.2, 0.25) is 0 Å². The molecule has 1 amide bonds. The largest absolute Gasteiger partial charge is 0.383 e. The maximum Gasteiger partial charge on any atom is 0.270 e. The summed E-state index contributed by atoms with van der Waals surface area (Å²) in [5.74, 6) is 0.555. The molecule has 160 valence electrons. The Balaban J connectivity index is 0.00000256. The van der Waals surface area contributed by atoms with Gasteiger partial charge in [0.05, 0.1) is 17.6 Å². The summed E-state index contributed by atoms with van der Waals surface area (Å²) in [6.07, 6.45) is 3.70. The van der Waals surface area contributed by atoms with Crippen LogP contribution in [-0.4, -0.2) is 47.2 Å². The number of methoxy groups -OCH3 is 1. The van der Waals surface area contributed by atoms with Crippen molar-refractivity contribution in [3.8, 4) is 0 Å². The summed E-state index contributed by atoms with van der Waals surface area (Å²) in [6, 6.07) is 14.3. The maximum atomic E-state index is 13.3. The van der Waals surface area contributed by atoms with Crippen molar-refractivity contribution in [1.29, 1.82) is 0 Å². The first-order chi connectivity index (χ1) is 14.2. The predicted molar refractivity (Wildman–Crippen MR) is 121 cm³/mol. The molecular formula is C24H32N4O2. The van der Waals surface area contributed by atoms with Gasteiger partial charge < -0.3 is 19.9 Å². The minimum Gasteiger partial charge on any atom is -0.383 e. The number of fused-ring (bicyclic) bond motifs is 1. The van der Waals surface area contributed by atoms with Gasteiger partial charge in [0.15, 0.2) is 0 Å². The maximum absolute atomic E-state index is 13.3. The molecule has 30 heavy (non-hydrogen) atoms. The van der Waals surface area contributed by atoms with Crippen LogP contribution in [0, 0.1) is 0 Å². The highest BCUT2D eigenvalue weighted by molar-refractivity contribution is 5.97. The molecule has 3 heterocycles. The number of benzene rings is 1. The molecule has 1 aliphatic heterocycles. The molecule has 0 spiro atoms. The van der Waals surface area contributed by atoms with Crippen LogP contribution in [0.25, 0.3) is 11.0 Å². The fourth-order valence-corrected chi connectivity index (χ4v) is 4.24. The topological polar surface area (TPSA) is 73.4 Å². The Morgan fingerprint density at radius 1 is 1.20 bits per heavy atom. The van der Waals surface area contributed by atoms with Crippen molar-refractivity contribution < 1.29 is 9.53 Å². The number of hydrogen-bond donors (Lipinski definition) is 1. The number of nitrogens with zero attached hydrogens (tertiary/aromatic N) is 3. The van der Waals surface area contributed by atoms with Crippen LogP contribution in [0.5, 0.6) is 0 Å². The zero-order valence-corrected chi connectivity index (χ0v) is 16.9. The van der Waals surface area contributed by atoms with Gasteiger partial charge in [-0.15, -0.1) is 0 Å². The van der Waals surface area contributed by atoms with Crippen LogP contribution in [0.4, 0.5) is 0 Å². The molecule has 4 rings (SSSR count). The molecule has 1 fully saturated rings. The van der Waals surface area contributed by atoms with Gasteiger partial charge in [0, 0.05) is 39.5 Å². The lowest BCUT2D eigenvalue weighted by atomic mass is 9.88. The number of ether oxygens (including phenoxy) is 1. The van der Waals surface area contributed by atoms with Crippen molar-refractivity contribution in [3.05, 3.63) is 65.5 Å². The van der Waals surface area contributed by atoms with Crippen molar-refractivity contribution in [2.75, 3.05) is 26.8 Å². The Morgan fingerprint density at radius 2 is 2.00 bits per heavy atom. The highest BCUT2D eigenvalue weighted by Crippen LogP contribution is 2.30. The second-order valence-electron chi connectivity index (χ2n) is 7.60. The number of likely N-dealkylation sites (tertiary alicyclic amines) is 1. The van der Waals surface area contributed by atoms with Crippen LogP contribution in [0.3, 0.4) is 0 Å². The Bertz CT molecular complexity index is 990. The number of aromatic nitrogens is 2. The van der Waals surface area contributed by atoms with Crippen LogP contribution in [0.1, 0.15) is 47.8 Å². The third kappa shape index (κ3) is 4.40. The molecule has 0 atom stereocenters. The standard InChI is InChI=1S/C23H28N4O2.CH4/c1-29-13-12-27-21-6-3-9-25-20(21)15-22(27)23(28)26-10-7-18(8-11-26)19-5-2-4-17(14-19)16-24;/h2-6,9,14-15,18H,7-8,10-13,16,24H2,1H3;1H4. The fraction of sp³-hybridized carbons (Fsp3) is 0.417. The first-order valence-electron chi connectivity index (χ1n) is 10.2. The van der Waals surface area contributed by atoms with E-state index in [1.807, 2.05) is 27.7 Å². The summed E-state index contributed by atoms with van der Waals surface area (Å²) in [6.45, 7) is 3.27. The second-order valence-corrected chi connectivity index (χ2v) is 7.60. The lowest BCUT2D eigenvalue weighted by Crippen LogP contribution is -2.39. The zero-order valence-electron chi connectivity index (χ0n) is 16.9. The Kier molecular flexibility index (Phi) is 7.24. The summed E-state index contributed by atoms with van der Waals surface area (Å²) in [7, 11) is 1.68. The Hall–Kier alpha value is -2.70. The molecule has 0 unspecified atom stereocenters. The van der Waals surface area contributed by atoms with Crippen LogP contribution < -0.4 is 5.73 Å². The number of hydrogen-bond acceptors (Lipinski definition) is 4. The SMILES string of the molecule is C.COCCn1c(C(=O)N2CCC(c3cccc(CN)c3)CC2)cc2ncccc21. The minimum atomic E-state index is 0. The summed E-state index contributed by atoms with van der Waals surface area (Å²) < 4.78 is 7.28. The van der Waals surface area contributed by atoms with Crippen molar-refractivity contribution in [3.63, 3.8) is 0 Å². The van der Waals surface area contributed by atoms with Crippen molar-refractivity contribution >= 4 is 16.9 Å². The normalized spacial score (nSPS) is 14.7. The Labute approximate surface area is 178 Å². The van der Waals surface area contributed by atoms with Crippen molar-refractivity contribution in [2.45, 2.75) is 39.3 Å². The number of carbonyl (C=O) groups excluding carboxylic acids is 1. The number of carbonyl (C=O) groups is 1. The number of nitrogens with two attached hydrogens (primary N) is 1. The molecule has 0 bridgehead atoms. The zero-order chi connectivity index (χ0) is 20.2. The number of pyridine rings is 1. The smallest absolute Gasteiger partial charge is 0.270 e. The van der Waals surface area contributed by atoms with E-state index in [0.717, 1.165) is 42.5 Å². The average Bonchev–Trinajstić information content (AvgIpc) is 3.16. The minimum absolute atomic E-state index is 0. The lowest BCUT2D eigenvalue weighted by molar-refractivity contribution is 0.0700. The van der Waals surface area contributed by atoms with E-state index >= 15 is 0 Å². The molecule has 1 aliphatic rings. The summed E-state index contributed by atoms with van der Waals surface area (Å²) in [4.78, 5) is 19.7. The van der Waals surface area contributed by atoms with Gasteiger partial charge in [-0.25, -0.2) is 0 Å². The van der Waals surface area contributed by atoms with Gasteiger partial charge in [0.1, 0.15) is 5.69 Å². The van der Waals surface area contributed by atoms with Gasteiger partial charge in [-0.2, -0.15) is 0 Å². The molecule has 2 N–H and O–H groups in total. The van der Waals surface area contributed by atoms with Crippen LogP contribution >= 0.6 is 0 Å². The van der Waals surface area contributed by atoms with E-state index in [-0.39, 0.29) is 13.3 Å². The average molecular weight is 409 g/mol. The Morgan fingerprint density at radius 3 is 2.73 bits per heavy atom. The summed E-state index contributed by atoms with van der Waals surface area (Å²) >= 11 is 0. The van der Waals surface area contributed by atoms with E-state index in [1.54, 1.807) is 13.3 Å². The predicted octanol–water partition coefficient (Wildman–Crippen LogP) is 3.80. The van der Waals surface area contributed by atoms with E-state index < -0.39 is 0 Å². The molecule has 0 aliphatic carbocycles. The molecule has 3 aromatic rings.